The maximum atomic E-state index is 12.5. The van der Waals surface area contributed by atoms with Crippen LogP contribution in [0.3, 0.4) is 0 Å². The molecule has 4 aromatic rings. The molecule has 34 heavy (non-hydrogen) atoms. The van der Waals surface area contributed by atoms with Crippen molar-refractivity contribution in [2.24, 2.45) is 0 Å². The molecule has 1 saturated carbocycles. The highest BCUT2D eigenvalue weighted by Crippen LogP contribution is 2.33. The predicted octanol–water partition coefficient (Wildman–Crippen LogP) is 7.12. The Labute approximate surface area is 200 Å². The van der Waals surface area contributed by atoms with Crippen molar-refractivity contribution < 1.29 is 13.9 Å². The third-order valence-corrected chi connectivity index (χ3v) is 6.58. The highest BCUT2D eigenvalue weighted by atomic mass is 16.5. The molecule has 5 heteroatoms. The number of nitrogens with zero attached hydrogens (tertiary/aromatic N) is 1. The van der Waals surface area contributed by atoms with Gasteiger partial charge in [0.25, 0.3) is 5.91 Å². The number of oxazole rings is 1. The normalized spacial score (nSPS) is 14.3. The van der Waals surface area contributed by atoms with Crippen molar-refractivity contribution in [3.05, 3.63) is 77.9 Å². The number of fused-ring (bicyclic) bond motifs is 1. The van der Waals surface area contributed by atoms with Crippen LogP contribution in [-0.2, 0) is 11.2 Å². The highest BCUT2D eigenvalue weighted by Gasteiger charge is 2.15. The minimum atomic E-state index is -0.210. The van der Waals surface area contributed by atoms with Crippen molar-refractivity contribution in [2.45, 2.75) is 51.4 Å². The average Bonchev–Trinajstić information content (AvgIpc) is 3.32. The highest BCUT2D eigenvalue weighted by molar-refractivity contribution is 5.92. The third kappa shape index (κ3) is 5.14. The zero-order valence-corrected chi connectivity index (χ0v) is 19.5. The van der Waals surface area contributed by atoms with Gasteiger partial charge < -0.3 is 14.5 Å². The number of hydrogen-bond donors (Lipinski definition) is 1. The molecule has 0 spiro atoms. The minimum Gasteiger partial charge on any atom is -0.484 e. The Hall–Kier alpha value is -3.60. The monoisotopic (exact) mass is 454 g/mol. The number of rotatable bonds is 7. The molecule has 0 saturated heterocycles. The molecule has 0 aliphatic heterocycles. The van der Waals surface area contributed by atoms with Crippen molar-refractivity contribution in [3.63, 3.8) is 0 Å². The second kappa shape index (κ2) is 10.1. The van der Waals surface area contributed by atoms with E-state index in [-0.39, 0.29) is 12.5 Å². The SMILES string of the molecule is CCc1ccc2oc(-c3cccc(NC(=O)COc4ccc(C5CCCCC5)cc4)c3)nc2c1. The van der Waals surface area contributed by atoms with Gasteiger partial charge in [0.2, 0.25) is 5.89 Å². The van der Waals surface area contributed by atoms with E-state index in [9.17, 15) is 4.79 Å². The molecule has 3 aromatic carbocycles. The van der Waals surface area contributed by atoms with Crippen LogP contribution in [-0.4, -0.2) is 17.5 Å². The summed E-state index contributed by atoms with van der Waals surface area (Å²) in [6.45, 7) is 2.07. The van der Waals surface area contributed by atoms with E-state index in [0.29, 0.717) is 23.2 Å². The molecular formula is C29H30N2O3. The lowest BCUT2D eigenvalue weighted by Gasteiger charge is -2.22. The van der Waals surface area contributed by atoms with E-state index >= 15 is 0 Å². The Kier molecular flexibility index (Phi) is 6.61. The fraction of sp³-hybridized carbons (Fsp3) is 0.310. The first-order chi connectivity index (χ1) is 16.7. The topological polar surface area (TPSA) is 64.4 Å². The standard InChI is InChI=1S/C29H30N2O3/c1-2-20-11-16-27-26(17-20)31-29(34-27)23-9-6-10-24(18-23)30-28(32)19-33-25-14-12-22(13-15-25)21-7-4-3-5-8-21/h6,9-18,21H,2-5,7-8,19H2,1H3,(H,30,32). The van der Waals surface area contributed by atoms with Crippen LogP contribution in [0.25, 0.3) is 22.6 Å². The number of carbonyl (C=O) groups excluding carboxylic acids is 1. The summed E-state index contributed by atoms with van der Waals surface area (Å²) in [7, 11) is 0. The quantitative estimate of drug-likeness (QED) is 0.323. The van der Waals surface area contributed by atoms with Gasteiger partial charge in [-0.3, -0.25) is 4.79 Å². The summed E-state index contributed by atoms with van der Waals surface area (Å²) in [6, 6.07) is 21.8. The van der Waals surface area contributed by atoms with E-state index in [2.05, 4.69) is 35.4 Å². The van der Waals surface area contributed by atoms with E-state index in [0.717, 1.165) is 23.1 Å². The maximum absolute atomic E-state index is 12.5. The Balaban J connectivity index is 1.19. The number of aromatic nitrogens is 1. The van der Waals surface area contributed by atoms with E-state index in [1.54, 1.807) is 0 Å². The van der Waals surface area contributed by atoms with Crippen LogP contribution in [0.15, 0.2) is 71.1 Å². The molecule has 1 heterocycles. The first kappa shape index (κ1) is 22.2. The number of nitrogens with one attached hydrogen (secondary N) is 1. The summed E-state index contributed by atoms with van der Waals surface area (Å²) in [5, 5.41) is 2.90. The summed E-state index contributed by atoms with van der Waals surface area (Å²) < 4.78 is 11.6. The van der Waals surface area contributed by atoms with Gasteiger partial charge in [-0.25, -0.2) is 4.98 Å². The summed E-state index contributed by atoms with van der Waals surface area (Å²) in [4.78, 5) is 17.1. The summed E-state index contributed by atoms with van der Waals surface area (Å²) in [5.41, 5.74) is 5.67. The molecule has 0 radical (unpaired) electrons. The lowest BCUT2D eigenvalue weighted by molar-refractivity contribution is -0.118. The van der Waals surface area contributed by atoms with E-state index in [1.807, 2.05) is 48.5 Å². The average molecular weight is 455 g/mol. The molecule has 5 rings (SSSR count). The van der Waals surface area contributed by atoms with Gasteiger partial charge in [-0.1, -0.05) is 50.5 Å². The second-order valence-electron chi connectivity index (χ2n) is 9.00. The number of carbonyl (C=O) groups is 1. The smallest absolute Gasteiger partial charge is 0.262 e. The molecule has 174 valence electrons. The number of benzene rings is 3. The van der Waals surface area contributed by atoms with Gasteiger partial charge in [0.1, 0.15) is 11.3 Å². The lowest BCUT2D eigenvalue weighted by atomic mass is 9.84. The van der Waals surface area contributed by atoms with Crippen LogP contribution in [0.4, 0.5) is 5.69 Å². The fourth-order valence-corrected chi connectivity index (χ4v) is 4.66. The molecular weight excluding hydrogens is 424 g/mol. The van der Waals surface area contributed by atoms with E-state index < -0.39 is 0 Å². The molecule has 1 aliphatic rings. The second-order valence-corrected chi connectivity index (χ2v) is 9.00. The molecule has 1 aromatic heterocycles. The minimum absolute atomic E-state index is 0.0459. The summed E-state index contributed by atoms with van der Waals surface area (Å²) in [5.74, 6) is 1.70. The van der Waals surface area contributed by atoms with Crippen molar-refractivity contribution in [2.75, 3.05) is 11.9 Å². The fourth-order valence-electron chi connectivity index (χ4n) is 4.66. The van der Waals surface area contributed by atoms with Crippen LogP contribution in [0.2, 0.25) is 0 Å². The molecule has 0 bridgehead atoms. The largest absolute Gasteiger partial charge is 0.484 e. The van der Waals surface area contributed by atoms with Gasteiger partial charge in [-0.05, 0) is 78.8 Å². The maximum Gasteiger partial charge on any atom is 0.262 e. The zero-order valence-electron chi connectivity index (χ0n) is 19.5. The third-order valence-electron chi connectivity index (χ3n) is 6.58. The number of anilines is 1. The number of aryl methyl sites for hydroxylation is 1. The van der Waals surface area contributed by atoms with E-state index in [1.165, 1.54) is 43.2 Å². The van der Waals surface area contributed by atoms with Crippen LogP contribution in [0.1, 0.15) is 56.1 Å². The van der Waals surface area contributed by atoms with Crippen LogP contribution in [0.5, 0.6) is 5.75 Å². The van der Waals surface area contributed by atoms with Crippen LogP contribution in [0, 0.1) is 0 Å². The van der Waals surface area contributed by atoms with Gasteiger partial charge >= 0.3 is 0 Å². The van der Waals surface area contributed by atoms with Crippen LogP contribution >= 0.6 is 0 Å². The molecule has 0 unspecified atom stereocenters. The molecule has 5 nitrogen and oxygen atoms in total. The number of ether oxygens (including phenoxy) is 1. The predicted molar refractivity (Wildman–Crippen MR) is 135 cm³/mol. The molecule has 1 fully saturated rings. The first-order valence-corrected chi connectivity index (χ1v) is 12.2. The summed E-state index contributed by atoms with van der Waals surface area (Å²) >= 11 is 0. The van der Waals surface area contributed by atoms with Crippen molar-refractivity contribution in [1.29, 1.82) is 0 Å². The molecule has 0 atom stereocenters. The van der Waals surface area contributed by atoms with Gasteiger partial charge in [0.15, 0.2) is 12.2 Å². The van der Waals surface area contributed by atoms with Crippen molar-refractivity contribution >= 4 is 22.7 Å². The molecule has 1 amide bonds. The van der Waals surface area contributed by atoms with Crippen molar-refractivity contribution in [1.82, 2.24) is 4.98 Å². The van der Waals surface area contributed by atoms with Gasteiger partial charge in [-0.15, -0.1) is 0 Å². The Morgan fingerprint density at radius 1 is 1.03 bits per heavy atom. The van der Waals surface area contributed by atoms with Gasteiger partial charge in [0, 0.05) is 11.3 Å². The Bertz CT molecular complexity index is 1270. The number of amides is 1. The van der Waals surface area contributed by atoms with Gasteiger partial charge in [-0.2, -0.15) is 0 Å². The summed E-state index contributed by atoms with van der Waals surface area (Å²) in [6.07, 6.45) is 7.47. The van der Waals surface area contributed by atoms with Crippen LogP contribution < -0.4 is 10.1 Å². The van der Waals surface area contributed by atoms with Crippen molar-refractivity contribution in [3.8, 4) is 17.2 Å². The first-order valence-electron chi connectivity index (χ1n) is 12.2. The van der Waals surface area contributed by atoms with E-state index in [4.69, 9.17) is 9.15 Å². The molecule has 1 aliphatic carbocycles. The Morgan fingerprint density at radius 2 is 1.85 bits per heavy atom. The lowest BCUT2D eigenvalue weighted by Crippen LogP contribution is -2.20. The molecule has 1 N–H and O–H groups in total. The van der Waals surface area contributed by atoms with Gasteiger partial charge in [0.05, 0.1) is 0 Å². The Morgan fingerprint density at radius 3 is 2.65 bits per heavy atom. The zero-order chi connectivity index (χ0) is 23.3. The number of hydrogen-bond acceptors (Lipinski definition) is 4.